The number of nitrogens with two attached hydrogens (primary N) is 1. The summed E-state index contributed by atoms with van der Waals surface area (Å²) in [6.45, 7) is 8.41. The van der Waals surface area contributed by atoms with E-state index in [0.717, 1.165) is 30.2 Å². The van der Waals surface area contributed by atoms with Gasteiger partial charge in [-0.05, 0) is 20.5 Å². The van der Waals surface area contributed by atoms with Crippen LogP contribution in [0.25, 0.3) is 0 Å². The summed E-state index contributed by atoms with van der Waals surface area (Å²) in [6, 6.07) is 0. The van der Waals surface area contributed by atoms with Gasteiger partial charge in [0, 0.05) is 24.9 Å². The Labute approximate surface area is 95.6 Å². The highest BCUT2D eigenvalue weighted by Crippen LogP contribution is 2.11. The highest BCUT2D eigenvalue weighted by molar-refractivity contribution is 7.09. The van der Waals surface area contributed by atoms with E-state index < -0.39 is 0 Å². The van der Waals surface area contributed by atoms with E-state index in [-0.39, 0.29) is 0 Å². The van der Waals surface area contributed by atoms with Crippen LogP contribution in [0.2, 0.25) is 0 Å². The van der Waals surface area contributed by atoms with Gasteiger partial charge in [-0.1, -0.05) is 12.2 Å². The molecule has 3 nitrogen and oxygen atoms in total. The monoisotopic (exact) mass is 225 g/mol. The maximum atomic E-state index is 5.48. The van der Waals surface area contributed by atoms with Crippen molar-refractivity contribution < 1.29 is 0 Å². The van der Waals surface area contributed by atoms with Gasteiger partial charge >= 0.3 is 0 Å². The van der Waals surface area contributed by atoms with Gasteiger partial charge in [-0.25, -0.2) is 4.98 Å². The topological polar surface area (TPSA) is 42.1 Å². The fourth-order valence-corrected chi connectivity index (χ4v) is 2.26. The summed E-state index contributed by atoms with van der Waals surface area (Å²) in [5.41, 5.74) is 7.79. The maximum absolute atomic E-state index is 5.48. The van der Waals surface area contributed by atoms with Gasteiger partial charge in [0.05, 0.1) is 10.7 Å². The largest absolute Gasteiger partial charge is 0.330 e. The molecule has 1 aromatic rings. The molecule has 0 unspecified atom stereocenters. The van der Waals surface area contributed by atoms with Crippen molar-refractivity contribution in [2.75, 3.05) is 20.1 Å². The van der Waals surface area contributed by atoms with E-state index in [4.69, 9.17) is 5.73 Å². The molecule has 0 aliphatic rings. The summed E-state index contributed by atoms with van der Waals surface area (Å²) in [4.78, 5) is 6.73. The predicted molar refractivity (Wildman–Crippen MR) is 66.0 cm³/mol. The zero-order chi connectivity index (χ0) is 11.3. The number of hydrogen-bond acceptors (Lipinski definition) is 4. The lowest BCUT2D eigenvalue weighted by Crippen LogP contribution is -2.19. The molecule has 0 bridgehead atoms. The first kappa shape index (κ1) is 12.4. The van der Waals surface area contributed by atoms with Crippen LogP contribution in [-0.4, -0.2) is 30.0 Å². The molecule has 0 atom stereocenters. The summed E-state index contributed by atoms with van der Waals surface area (Å²) >= 11 is 1.69. The van der Waals surface area contributed by atoms with Gasteiger partial charge in [-0.3, -0.25) is 4.90 Å². The van der Waals surface area contributed by atoms with Crippen LogP contribution in [0.4, 0.5) is 0 Å². The van der Waals surface area contributed by atoms with Crippen LogP contribution in [-0.2, 0) is 13.0 Å². The first-order valence-corrected chi connectivity index (χ1v) is 5.96. The normalized spacial score (nSPS) is 10.9. The molecular weight excluding hydrogens is 206 g/mol. The fourth-order valence-electron chi connectivity index (χ4n) is 1.45. The Morgan fingerprint density at radius 2 is 2.40 bits per heavy atom. The summed E-state index contributed by atoms with van der Waals surface area (Å²) in [6.07, 6.45) is 0.884. The molecule has 0 aliphatic carbocycles. The number of hydrogen-bond donors (Lipinski definition) is 1. The Kier molecular flexibility index (Phi) is 4.94. The molecule has 0 aliphatic heterocycles. The fraction of sp³-hybridized carbons (Fsp3) is 0.545. The zero-order valence-electron chi connectivity index (χ0n) is 9.49. The highest BCUT2D eigenvalue weighted by Gasteiger charge is 2.04. The lowest BCUT2D eigenvalue weighted by molar-refractivity contribution is 0.351. The molecule has 2 N–H and O–H groups in total. The number of rotatable bonds is 6. The van der Waals surface area contributed by atoms with Crippen LogP contribution in [0.5, 0.6) is 0 Å². The third kappa shape index (κ3) is 4.55. The molecule has 0 saturated carbocycles. The van der Waals surface area contributed by atoms with Crippen molar-refractivity contribution in [2.24, 2.45) is 5.73 Å². The number of likely N-dealkylation sites (N-methyl/N-ethyl adjacent to an activating group) is 1. The molecule has 0 radical (unpaired) electrons. The van der Waals surface area contributed by atoms with Crippen LogP contribution in [0.15, 0.2) is 17.5 Å². The zero-order valence-corrected chi connectivity index (χ0v) is 10.3. The van der Waals surface area contributed by atoms with Gasteiger partial charge in [0.25, 0.3) is 0 Å². The molecule has 1 heterocycles. The predicted octanol–water partition coefficient (Wildman–Crippen LogP) is 1.65. The van der Waals surface area contributed by atoms with E-state index in [1.807, 2.05) is 6.92 Å². The van der Waals surface area contributed by atoms with Crippen LogP contribution >= 0.6 is 11.3 Å². The molecule has 1 aromatic heterocycles. The Balaban J connectivity index is 2.45. The highest BCUT2D eigenvalue weighted by atomic mass is 32.1. The van der Waals surface area contributed by atoms with Crippen LogP contribution < -0.4 is 5.73 Å². The minimum absolute atomic E-state index is 0.675. The van der Waals surface area contributed by atoms with E-state index >= 15 is 0 Å². The Hall–Kier alpha value is -0.710. The van der Waals surface area contributed by atoms with Crippen molar-refractivity contribution in [3.05, 3.63) is 28.2 Å². The summed E-state index contributed by atoms with van der Waals surface area (Å²) < 4.78 is 0. The molecule has 84 valence electrons. The van der Waals surface area contributed by atoms with Crippen molar-refractivity contribution in [2.45, 2.75) is 19.9 Å². The van der Waals surface area contributed by atoms with E-state index in [1.165, 1.54) is 5.57 Å². The molecule has 0 aromatic carbocycles. The van der Waals surface area contributed by atoms with Gasteiger partial charge < -0.3 is 5.73 Å². The van der Waals surface area contributed by atoms with E-state index in [2.05, 4.69) is 28.9 Å². The Morgan fingerprint density at radius 3 is 3.00 bits per heavy atom. The van der Waals surface area contributed by atoms with Crippen LogP contribution in [0.3, 0.4) is 0 Å². The molecule has 0 saturated heterocycles. The van der Waals surface area contributed by atoms with Crippen LogP contribution in [0.1, 0.15) is 17.6 Å². The van der Waals surface area contributed by atoms with E-state index in [1.54, 1.807) is 11.3 Å². The van der Waals surface area contributed by atoms with Crippen molar-refractivity contribution in [1.82, 2.24) is 9.88 Å². The second-order valence-corrected chi connectivity index (χ2v) is 4.84. The molecule has 4 heteroatoms. The number of thiazole rings is 1. The lowest BCUT2D eigenvalue weighted by atomic mass is 10.3. The number of nitrogens with zero attached hydrogens (tertiary/aromatic N) is 2. The van der Waals surface area contributed by atoms with Gasteiger partial charge in [-0.15, -0.1) is 11.3 Å². The standard InChI is InChI=1S/C11H19N3S/c1-9(2)6-14(3)7-10-8-15-11(13-10)4-5-12/h8H,1,4-7,12H2,2-3H3. The summed E-state index contributed by atoms with van der Waals surface area (Å²) in [7, 11) is 2.08. The van der Waals surface area contributed by atoms with Gasteiger partial charge in [0.2, 0.25) is 0 Å². The van der Waals surface area contributed by atoms with Crippen molar-refractivity contribution >= 4 is 11.3 Å². The van der Waals surface area contributed by atoms with Gasteiger partial charge in [0.15, 0.2) is 0 Å². The summed E-state index contributed by atoms with van der Waals surface area (Å²) in [5, 5.41) is 3.25. The molecule has 0 spiro atoms. The molecular formula is C11H19N3S. The van der Waals surface area contributed by atoms with E-state index in [0.29, 0.717) is 6.54 Å². The van der Waals surface area contributed by atoms with Crippen molar-refractivity contribution in [3.8, 4) is 0 Å². The average molecular weight is 225 g/mol. The minimum Gasteiger partial charge on any atom is -0.330 e. The molecule has 0 fully saturated rings. The Bertz CT molecular complexity index is 319. The average Bonchev–Trinajstić information content (AvgIpc) is 2.51. The molecule has 1 rings (SSSR count). The second-order valence-electron chi connectivity index (χ2n) is 3.90. The first-order valence-electron chi connectivity index (χ1n) is 5.08. The first-order chi connectivity index (χ1) is 7.11. The molecule has 15 heavy (non-hydrogen) atoms. The Morgan fingerprint density at radius 1 is 1.67 bits per heavy atom. The summed E-state index contributed by atoms with van der Waals surface area (Å²) in [5.74, 6) is 0. The SMILES string of the molecule is C=C(C)CN(C)Cc1csc(CCN)n1. The van der Waals surface area contributed by atoms with Gasteiger partial charge in [-0.2, -0.15) is 0 Å². The third-order valence-corrected chi connectivity index (χ3v) is 2.89. The van der Waals surface area contributed by atoms with Crippen molar-refractivity contribution in [1.29, 1.82) is 0 Å². The lowest BCUT2D eigenvalue weighted by Gasteiger charge is -2.14. The van der Waals surface area contributed by atoms with E-state index in [9.17, 15) is 0 Å². The molecule has 0 amide bonds. The van der Waals surface area contributed by atoms with Crippen LogP contribution in [0, 0.1) is 0 Å². The van der Waals surface area contributed by atoms with Gasteiger partial charge in [0.1, 0.15) is 0 Å². The smallest absolute Gasteiger partial charge is 0.0941 e. The van der Waals surface area contributed by atoms with Crippen molar-refractivity contribution in [3.63, 3.8) is 0 Å². The minimum atomic E-state index is 0.675. The third-order valence-electron chi connectivity index (χ3n) is 1.93. The number of aromatic nitrogens is 1. The maximum Gasteiger partial charge on any atom is 0.0941 e. The quantitative estimate of drug-likeness (QED) is 0.749. The second kappa shape index (κ2) is 6.00.